The fourth-order valence-electron chi connectivity index (χ4n) is 12.9. The van der Waals surface area contributed by atoms with Gasteiger partial charge in [-0.15, -0.1) is 18.7 Å². The molecule has 0 unspecified atom stereocenters. The summed E-state index contributed by atoms with van der Waals surface area (Å²) >= 11 is 0. The van der Waals surface area contributed by atoms with Crippen molar-refractivity contribution in [1.29, 1.82) is 0 Å². The van der Waals surface area contributed by atoms with E-state index in [1.165, 1.54) is 55.4 Å². The molecule has 14 nitrogen and oxygen atoms in total. The Hall–Kier alpha value is -11.9. The lowest BCUT2D eigenvalue weighted by Gasteiger charge is -2.11. The molecule has 0 aliphatic carbocycles. The van der Waals surface area contributed by atoms with Crippen molar-refractivity contribution >= 4 is 87.2 Å². The van der Waals surface area contributed by atoms with E-state index in [1.807, 2.05) is 92.9 Å². The van der Waals surface area contributed by atoms with E-state index in [4.69, 9.17) is 44.7 Å². The lowest BCUT2D eigenvalue weighted by Crippen LogP contribution is -2.37. The lowest BCUT2D eigenvalue weighted by molar-refractivity contribution is -0.720. The van der Waals surface area contributed by atoms with E-state index in [0.717, 1.165) is 130 Å². The molecular formula is C83H75F3N12O2+4. The van der Waals surface area contributed by atoms with Crippen LogP contribution in [0, 0.1) is 55.4 Å². The van der Waals surface area contributed by atoms with Crippen molar-refractivity contribution < 1.29 is 41.4 Å². The maximum atomic E-state index is 13.0. The van der Waals surface area contributed by atoms with E-state index in [0.29, 0.717) is 21.8 Å². The Morgan fingerprint density at radius 3 is 0.990 bits per heavy atom. The fraction of sp³-hybridized carbons (Fsp3) is 0.181. The van der Waals surface area contributed by atoms with E-state index in [9.17, 15) is 13.2 Å². The molecule has 4 heterocycles. The van der Waals surface area contributed by atoms with Crippen LogP contribution >= 0.6 is 0 Å². The minimum atomic E-state index is -4.37. The number of fused-ring (bicyclic) bond motifs is 8. The van der Waals surface area contributed by atoms with Crippen molar-refractivity contribution in [3.8, 4) is 57.1 Å². The number of aryl methyl sites for hydroxylation is 9. The van der Waals surface area contributed by atoms with Crippen LogP contribution in [-0.2, 0) is 34.4 Å². The molecule has 0 aliphatic heterocycles. The predicted octanol–water partition coefficient (Wildman–Crippen LogP) is 16.6. The number of methoxy groups -OCH3 is 2. The molecule has 17 heteroatoms. The number of hydrogen-bond acceptors (Lipinski definition) is 10. The molecule has 100 heavy (non-hydrogen) atoms. The van der Waals surface area contributed by atoms with Crippen LogP contribution in [0.3, 0.4) is 0 Å². The van der Waals surface area contributed by atoms with Crippen molar-refractivity contribution in [3.05, 3.63) is 250 Å². The zero-order valence-corrected chi connectivity index (χ0v) is 58.4. The predicted molar refractivity (Wildman–Crippen MR) is 391 cm³/mol. The topological polar surface area (TPSA) is 137 Å². The summed E-state index contributed by atoms with van der Waals surface area (Å²) in [6, 6.07) is 65.3. The Labute approximate surface area is 577 Å². The number of alkyl halides is 3. The number of hydrogen-bond donors (Lipinski definition) is 0. The number of rotatable bonds is 6. The Balaban J connectivity index is 0.000000120. The molecule has 4 aromatic heterocycles. The van der Waals surface area contributed by atoms with E-state index in [1.54, 1.807) is 42.8 Å². The monoisotopic (exact) mass is 1330 g/mol. The number of aromatic nitrogens is 12. The maximum absolute atomic E-state index is 13.0. The molecule has 0 saturated carbocycles. The summed E-state index contributed by atoms with van der Waals surface area (Å²) in [5.41, 5.74) is 19.6. The molecule has 0 radical (unpaired) electrons. The molecule has 0 aliphatic rings. The molecule has 0 N–H and O–H groups in total. The molecule has 16 rings (SSSR count). The molecule has 12 aromatic carbocycles. The summed E-state index contributed by atoms with van der Waals surface area (Å²) in [4.78, 5) is 19.5. The van der Waals surface area contributed by atoms with Gasteiger partial charge in [0.2, 0.25) is 22.1 Å². The fourth-order valence-corrected chi connectivity index (χ4v) is 12.9. The number of benzene rings is 12. The summed E-state index contributed by atoms with van der Waals surface area (Å²) in [5, 5.41) is 27.0. The van der Waals surface area contributed by atoms with Gasteiger partial charge in [0.1, 0.15) is 39.7 Å². The third-order valence-corrected chi connectivity index (χ3v) is 18.5. The van der Waals surface area contributed by atoms with Crippen LogP contribution in [0.4, 0.5) is 13.2 Å². The van der Waals surface area contributed by atoms with Crippen molar-refractivity contribution in [2.24, 2.45) is 28.2 Å². The highest BCUT2D eigenvalue weighted by molar-refractivity contribution is 5.98. The molecule has 0 amide bonds. The van der Waals surface area contributed by atoms with Crippen LogP contribution in [0.2, 0.25) is 0 Å². The number of halogens is 3. The van der Waals surface area contributed by atoms with Crippen LogP contribution in [0.15, 0.2) is 200 Å². The van der Waals surface area contributed by atoms with Crippen molar-refractivity contribution in [3.63, 3.8) is 0 Å². The van der Waals surface area contributed by atoms with E-state index < -0.39 is 11.7 Å². The van der Waals surface area contributed by atoms with Crippen LogP contribution in [0.5, 0.6) is 11.5 Å². The Morgan fingerprint density at radius 2 is 0.630 bits per heavy atom. The summed E-state index contributed by atoms with van der Waals surface area (Å²) in [6.45, 7) is 16.7. The Morgan fingerprint density at radius 1 is 0.300 bits per heavy atom. The average Bonchev–Trinajstić information content (AvgIpc) is 0.782. The molecule has 16 aromatic rings. The molecule has 496 valence electrons. The zero-order chi connectivity index (χ0) is 70.4. The standard InChI is InChI=1S/C22H19F3N3.C21H20N3O2.C21H20N3.C19H16N3/c1-12-7-13(2)14(3)18(8-12)21-26-19-10-15-5-6-17(22(23,24)25)9-16(15)11-20(19)27-28(21)4;1-13-17(11-16(25-3)12-20(13)26-4)21-22-18-9-14-7-5-6-8-15(14)10-19(18)23-24(21)2;1-13-9-14(2)15(3)18(10-13)21-22-19-11-16-7-5-6-8-17(16)12-20(19)23-24(21)4;1-13-7-3-6-10-16(13)19-20-17-11-14-8-4-5-9-15(14)12-18(17)21-22(19)2/h5-11H,1-4H3;5-12H,1-4H3;5-12H,1-4H3;3-12H,1-2H3/q4*+1. The molecule has 0 saturated heterocycles. The molecule has 0 spiro atoms. The SMILES string of the molecule is COc1cc(OC)c(C)c(-c2nc3cc4ccccc4cc3n[n+]2C)c1.Cc1cc(C)c(C)c(-c2nc3cc4ccc(C(F)(F)F)cc4cc3n[n+]2C)c1.Cc1cc(C)c(C)c(-c2nc3cc4ccccc4cc3n[n+]2C)c1.Cc1ccccc1-c1nc2cc3ccccc3cc2n[n+]1C. The highest BCUT2D eigenvalue weighted by Crippen LogP contribution is 2.36. The van der Waals surface area contributed by atoms with Crippen molar-refractivity contribution in [2.75, 3.05) is 14.2 Å². The van der Waals surface area contributed by atoms with Gasteiger partial charge in [-0.05, 0) is 242 Å². The molecule has 0 fully saturated rings. The normalized spacial score (nSPS) is 11.4. The van der Waals surface area contributed by atoms with Gasteiger partial charge in [0, 0.05) is 11.6 Å². The second kappa shape index (κ2) is 27.2. The van der Waals surface area contributed by atoms with Gasteiger partial charge in [-0.3, -0.25) is 0 Å². The van der Waals surface area contributed by atoms with E-state index in [2.05, 4.69) is 168 Å². The quantitative estimate of drug-likeness (QED) is 0.117. The van der Waals surface area contributed by atoms with Crippen molar-refractivity contribution in [1.82, 2.24) is 40.3 Å². The summed E-state index contributed by atoms with van der Waals surface area (Å²) in [5.74, 6) is 4.77. The minimum absolute atomic E-state index is 0.493. The first-order valence-electron chi connectivity index (χ1n) is 32.8. The Kier molecular flexibility index (Phi) is 18.2. The highest BCUT2D eigenvalue weighted by atomic mass is 19.4. The summed E-state index contributed by atoms with van der Waals surface area (Å²) in [6.07, 6.45) is -4.37. The van der Waals surface area contributed by atoms with Gasteiger partial charge >= 0.3 is 29.5 Å². The van der Waals surface area contributed by atoms with Gasteiger partial charge in [-0.1, -0.05) is 130 Å². The number of nitrogens with zero attached hydrogens (tertiary/aromatic N) is 12. The largest absolute Gasteiger partial charge is 0.497 e. The van der Waals surface area contributed by atoms with Crippen LogP contribution in [0.25, 0.3) is 133 Å². The lowest BCUT2D eigenvalue weighted by atomic mass is 9.99. The first-order valence-corrected chi connectivity index (χ1v) is 32.8. The van der Waals surface area contributed by atoms with Gasteiger partial charge in [0.15, 0.2) is 22.1 Å². The second-order valence-corrected chi connectivity index (χ2v) is 25.5. The molecule has 0 atom stereocenters. The molecule has 0 bridgehead atoms. The van der Waals surface area contributed by atoms with Gasteiger partial charge in [-0.2, -0.15) is 13.2 Å². The van der Waals surface area contributed by atoms with Crippen molar-refractivity contribution in [2.45, 2.75) is 61.6 Å². The minimum Gasteiger partial charge on any atom is -0.497 e. The zero-order valence-electron chi connectivity index (χ0n) is 58.4. The van der Waals surface area contributed by atoms with Gasteiger partial charge in [-0.25, -0.2) is 0 Å². The van der Waals surface area contributed by atoms with Gasteiger partial charge in [0.05, 0.1) is 42.0 Å². The maximum Gasteiger partial charge on any atom is 0.416 e. The average molecular weight is 1330 g/mol. The molecular weight excluding hydrogens is 1250 g/mol. The summed E-state index contributed by atoms with van der Waals surface area (Å²) < 4.78 is 57.2. The van der Waals surface area contributed by atoms with Gasteiger partial charge in [0.25, 0.3) is 0 Å². The van der Waals surface area contributed by atoms with Gasteiger partial charge < -0.3 is 9.47 Å². The smallest absolute Gasteiger partial charge is 0.416 e. The van der Waals surface area contributed by atoms with Crippen LogP contribution < -0.4 is 28.2 Å². The third-order valence-electron chi connectivity index (χ3n) is 18.5. The highest BCUT2D eigenvalue weighted by Gasteiger charge is 2.31. The first-order chi connectivity index (χ1) is 48.0. The summed E-state index contributed by atoms with van der Waals surface area (Å²) in [7, 11) is 10.9. The van der Waals surface area contributed by atoms with Crippen LogP contribution in [-0.4, -0.2) is 54.6 Å². The van der Waals surface area contributed by atoms with E-state index >= 15 is 0 Å². The third kappa shape index (κ3) is 13.5. The van der Waals surface area contributed by atoms with E-state index in [-0.39, 0.29) is 0 Å². The Bertz CT molecular complexity index is 5940. The first kappa shape index (κ1) is 66.8. The number of ether oxygens (including phenoxy) is 2. The second-order valence-electron chi connectivity index (χ2n) is 25.5. The van der Waals surface area contributed by atoms with Crippen LogP contribution in [0.1, 0.15) is 50.1 Å².